The number of ether oxygens (including phenoxy) is 6. The largest absolute Gasteiger partial charge is 0.499 e. The second kappa shape index (κ2) is 16.8. The number of rotatable bonds is 19. The van der Waals surface area contributed by atoms with E-state index in [1.165, 1.54) is 33.5 Å². The minimum Gasteiger partial charge on any atom is -0.499 e. The first kappa shape index (κ1) is 28.8. The first-order valence-corrected chi connectivity index (χ1v) is 13.5. The van der Waals surface area contributed by atoms with Crippen LogP contribution in [0.5, 0.6) is 11.5 Å². The minimum atomic E-state index is -0.326. The van der Waals surface area contributed by atoms with Crippen molar-refractivity contribution in [1.82, 2.24) is 0 Å². The van der Waals surface area contributed by atoms with Gasteiger partial charge in [-0.2, -0.15) is 0 Å². The van der Waals surface area contributed by atoms with Gasteiger partial charge in [0.05, 0.1) is 42.9 Å². The van der Waals surface area contributed by atoms with Crippen LogP contribution in [-0.2, 0) is 36.4 Å². The van der Waals surface area contributed by atoms with Crippen LogP contribution >= 0.6 is 0 Å². The molecular weight excluding hydrogens is 500 g/mol. The molecule has 3 rings (SSSR count). The fraction of sp³-hybridized carbons (Fsp3) is 0.226. The molecule has 0 saturated heterocycles. The van der Waals surface area contributed by atoms with Crippen LogP contribution in [0.4, 0.5) is 0 Å². The maximum absolute atomic E-state index is 5.77. The van der Waals surface area contributed by atoms with Gasteiger partial charge in [-0.25, -0.2) is 0 Å². The van der Waals surface area contributed by atoms with Gasteiger partial charge in [0.2, 0.25) is 0 Å². The Morgan fingerprint density at radius 2 is 0.895 bits per heavy atom. The van der Waals surface area contributed by atoms with Crippen LogP contribution in [0.15, 0.2) is 126 Å². The van der Waals surface area contributed by atoms with E-state index < -0.39 is 0 Å². The lowest BCUT2D eigenvalue weighted by Crippen LogP contribution is -2.07. The zero-order valence-corrected chi connectivity index (χ0v) is 22.4. The van der Waals surface area contributed by atoms with Gasteiger partial charge in [0.1, 0.15) is 44.5 Å². The molecule has 0 saturated carbocycles. The normalized spacial score (nSPS) is 10.4. The lowest BCUT2D eigenvalue weighted by molar-refractivity contribution is 0.0750. The third-order valence-corrected chi connectivity index (χ3v) is 7.42. The summed E-state index contributed by atoms with van der Waals surface area (Å²) in [5.41, 5.74) is 1.10. The molecule has 0 fully saturated rings. The van der Waals surface area contributed by atoms with E-state index in [0.29, 0.717) is 46.2 Å². The van der Waals surface area contributed by atoms with Crippen molar-refractivity contribution in [3.8, 4) is 11.5 Å². The Morgan fingerprint density at radius 1 is 0.500 bits per heavy atom. The van der Waals surface area contributed by atoms with Crippen LogP contribution in [0.3, 0.4) is 0 Å². The quantitative estimate of drug-likeness (QED) is 0.0988. The summed E-state index contributed by atoms with van der Waals surface area (Å²) < 4.78 is 32.6. The van der Waals surface area contributed by atoms with E-state index >= 15 is 0 Å². The molecule has 0 aromatic heterocycles. The SMILES string of the molecule is C=COCCOCc1ccc([S+](c2ccc(OCCOC=C)cc2)c2ccc(OCCOC=C)cc2)cc1. The Morgan fingerprint density at radius 3 is 1.32 bits per heavy atom. The summed E-state index contributed by atoms with van der Waals surface area (Å²) in [6, 6.07) is 25.0. The highest BCUT2D eigenvalue weighted by atomic mass is 32.2. The third-order valence-electron chi connectivity index (χ3n) is 5.19. The maximum Gasteiger partial charge on any atom is 0.166 e. The Kier molecular flexibility index (Phi) is 12.7. The molecule has 7 heteroatoms. The summed E-state index contributed by atoms with van der Waals surface area (Å²) in [7, 11) is -0.326. The van der Waals surface area contributed by atoms with Gasteiger partial charge in [-0.05, 0) is 66.2 Å². The van der Waals surface area contributed by atoms with Gasteiger partial charge in [0, 0.05) is 0 Å². The molecule has 6 nitrogen and oxygen atoms in total. The van der Waals surface area contributed by atoms with Gasteiger partial charge >= 0.3 is 0 Å². The fourth-order valence-electron chi connectivity index (χ4n) is 3.44. The summed E-state index contributed by atoms with van der Waals surface area (Å²) in [5, 5.41) is 0. The smallest absolute Gasteiger partial charge is 0.166 e. The van der Waals surface area contributed by atoms with E-state index in [0.717, 1.165) is 17.1 Å². The molecule has 0 bridgehead atoms. The molecule has 0 heterocycles. The van der Waals surface area contributed by atoms with E-state index in [-0.39, 0.29) is 10.9 Å². The zero-order chi connectivity index (χ0) is 26.8. The van der Waals surface area contributed by atoms with E-state index in [4.69, 9.17) is 28.4 Å². The molecule has 0 aliphatic heterocycles. The summed E-state index contributed by atoms with van der Waals surface area (Å²) in [6.07, 6.45) is 4.25. The lowest BCUT2D eigenvalue weighted by Gasteiger charge is -2.11. The first-order chi connectivity index (χ1) is 18.7. The van der Waals surface area contributed by atoms with Crippen LogP contribution in [0.25, 0.3) is 0 Å². The van der Waals surface area contributed by atoms with Crippen LogP contribution in [-0.4, -0.2) is 39.6 Å². The highest BCUT2D eigenvalue weighted by Gasteiger charge is 2.29. The predicted octanol–water partition coefficient (Wildman–Crippen LogP) is 6.54. The fourth-order valence-corrected chi connectivity index (χ4v) is 5.48. The molecule has 200 valence electrons. The Hall–Kier alpha value is -3.81. The van der Waals surface area contributed by atoms with Gasteiger partial charge in [0.25, 0.3) is 0 Å². The molecule has 0 spiro atoms. The summed E-state index contributed by atoms with van der Waals surface area (Å²) in [4.78, 5) is 3.56. The highest BCUT2D eigenvalue weighted by molar-refractivity contribution is 7.97. The number of hydrogen-bond donors (Lipinski definition) is 0. The number of hydrogen-bond acceptors (Lipinski definition) is 6. The van der Waals surface area contributed by atoms with E-state index in [1.807, 2.05) is 24.3 Å². The van der Waals surface area contributed by atoms with E-state index in [2.05, 4.69) is 68.3 Å². The van der Waals surface area contributed by atoms with Crippen molar-refractivity contribution in [1.29, 1.82) is 0 Å². The second-order valence-electron chi connectivity index (χ2n) is 7.75. The van der Waals surface area contributed by atoms with Gasteiger partial charge in [-0.3, -0.25) is 0 Å². The third kappa shape index (κ3) is 9.57. The van der Waals surface area contributed by atoms with Crippen LogP contribution in [0, 0.1) is 0 Å². The molecule has 0 radical (unpaired) electrons. The van der Waals surface area contributed by atoms with Crippen molar-refractivity contribution in [2.75, 3.05) is 39.6 Å². The average Bonchev–Trinajstić information content (AvgIpc) is 2.96. The topological polar surface area (TPSA) is 55.4 Å². The maximum atomic E-state index is 5.77. The molecule has 0 atom stereocenters. The van der Waals surface area contributed by atoms with Crippen molar-refractivity contribution in [3.63, 3.8) is 0 Å². The van der Waals surface area contributed by atoms with Crippen molar-refractivity contribution in [3.05, 3.63) is 117 Å². The molecule has 0 aliphatic carbocycles. The van der Waals surface area contributed by atoms with Crippen molar-refractivity contribution in [2.45, 2.75) is 21.3 Å². The molecule has 0 unspecified atom stereocenters. The van der Waals surface area contributed by atoms with Crippen LogP contribution < -0.4 is 9.47 Å². The molecular formula is C31H35O6S+. The summed E-state index contributed by atoms with van der Waals surface area (Å²) >= 11 is 0. The van der Waals surface area contributed by atoms with Gasteiger partial charge < -0.3 is 28.4 Å². The van der Waals surface area contributed by atoms with E-state index in [1.54, 1.807) is 0 Å². The molecule has 0 aliphatic rings. The summed E-state index contributed by atoms with van der Waals surface area (Å²) in [5.74, 6) is 1.59. The Bertz CT molecular complexity index is 1040. The lowest BCUT2D eigenvalue weighted by atomic mass is 10.2. The second-order valence-corrected chi connectivity index (χ2v) is 9.78. The first-order valence-electron chi connectivity index (χ1n) is 12.3. The Balaban J connectivity index is 1.76. The van der Waals surface area contributed by atoms with Gasteiger partial charge in [0.15, 0.2) is 14.7 Å². The van der Waals surface area contributed by atoms with E-state index in [9.17, 15) is 0 Å². The molecule has 0 N–H and O–H groups in total. The monoisotopic (exact) mass is 535 g/mol. The zero-order valence-electron chi connectivity index (χ0n) is 21.6. The van der Waals surface area contributed by atoms with Crippen molar-refractivity contribution in [2.24, 2.45) is 0 Å². The predicted molar refractivity (Wildman–Crippen MR) is 151 cm³/mol. The minimum absolute atomic E-state index is 0.326. The standard InChI is InChI=1S/C31H35O6S/c1-4-32-19-20-35-25-26-7-13-29(14-8-26)38(30-15-9-27(10-16-30)36-23-21-33-5-2)31-17-11-28(12-18-31)37-24-22-34-6-3/h4-18H,1-3,19-25H2/q+1. The van der Waals surface area contributed by atoms with Crippen molar-refractivity contribution < 1.29 is 28.4 Å². The molecule has 38 heavy (non-hydrogen) atoms. The highest BCUT2D eigenvalue weighted by Crippen LogP contribution is 2.33. The average molecular weight is 536 g/mol. The molecule has 3 aromatic rings. The van der Waals surface area contributed by atoms with Crippen molar-refractivity contribution >= 4 is 10.9 Å². The Labute approximate surface area is 228 Å². The van der Waals surface area contributed by atoms with Crippen LogP contribution in [0.2, 0.25) is 0 Å². The summed E-state index contributed by atoms with van der Waals surface area (Å²) in [6.45, 7) is 14.0. The molecule has 3 aromatic carbocycles. The molecule has 0 amide bonds. The van der Waals surface area contributed by atoms with Gasteiger partial charge in [-0.1, -0.05) is 31.9 Å². The number of benzene rings is 3. The van der Waals surface area contributed by atoms with Crippen LogP contribution in [0.1, 0.15) is 5.56 Å². The van der Waals surface area contributed by atoms with Gasteiger partial charge in [-0.15, -0.1) is 0 Å².